The van der Waals surface area contributed by atoms with E-state index in [9.17, 15) is 32.4 Å². The number of Topliss-reactive ketones (excluding diaryl/α,β-unsaturated/α-hetero) is 1. The molecule has 1 aromatic rings. The number of likely N-dealkylation sites (tertiary alicyclic amines) is 1. The van der Waals surface area contributed by atoms with Gasteiger partial charge < -0.3 is 26.2 Å². The van der Waals surface area contributed by atoms with Crippen LogP contribution in [-0.4, -0.2) is 90.1 Å². The summed E-state index contributed by atoms with van der Waals surface area (Å²) in [6.07, 6.45) is 6.88. The summed E-state index contributed by atoms with van der Waals surface area (Å²) >= 11 is 0. The first-order chi connectivity index (χ1) is 24.9. The molecule has 5 atom stereocenters. The number of sulfone groups is 1. The van der Waals surface area contributed by atoms with Crippen LogP contribution in [0.15, 0.2) is 36.9 Å². The molecule has 0 radical (unpaired) electrons. The minimum Gasteiger partial charge on any atom is -0.346 e. The number of benzene rings is 1. The van der Waals surface area contributed by atoms with E-state index in [0.717, 1.165) is 30.4 Å². The highest BCUT2D eigenvalue weighted by Crippen LogP contribution is 2.65. The molecule has 0 bridgehead atoms. The van der Waals surface area contributed by atoms with Crippen molar-refractivity contribution in [2.75, 3.05) is 18.8 Å². The van der Waals surface area contributed by atoms with Gasteiger partial charge in [0.15, 0.2) is 9.84 Å². The van der Waals surface area contributed by atoms with Crippen LogP contribution in [-0.2, 0) is 41.9 Å². The summed E-state index contributed by atoms with van der Waals surface area (Å²) in [5, 5.41) is 11.4. The average molecular weight is 754 g/mol. The highest BCUT2D eigenvalue weighted by atomic mass is 32.2. The van der Waals surface area contributed by atoms with Gasteiger partial charge in [0.2, 0.25) is 17.6 Å². The molecule has 292 valence electrons. The zero-order valence-corrected chi connectivity index (χ0v) is 33.1. The SMILES string of the molecule is C=CCNC(=O)C(=O)C(CCC)NC(=O)[C@@H]1C2C(CN1C(=O)[C@@H](NC(=O)NC1(CS(=O)(=O)C(C)(C)C)CCCCC1)C1Cc3ccccc3C1)C2(C)C. The molecule has 5 amide bonds. The van der Waals surface area contributed by atoms with Crippen molar-refractivity contribution in [1.29, 1.82) is 0 Å². The van der Waals surface area contributed by atoms with Gasteiger partial charge >= 0.3 is 6.03 Å². The number of hydrogen-bond acceptors (Lipinski definition) is 7. The van der Waals surface area contributed by atoms with Crippen LogP contribution >= 0.6 is 0 Å². The Labute approximate surface area is 315 Å². The number of fused-ring (bicyclic) bond motifs is 2. The molecule has 4 N–H and O–H groups in total. The number of carbonyl (C=O) groups excluding carboxylic acids is 5. The number of ketones is 1. The van der Waals surface area contributed by atoms with Crippen molar-refractivity contribution in [2.24, 2.45) is 23.2 Å². The van der Waals surface area contributed by atoms with Crippen LogP contribution in [0.5, 0.6) is 0 Å². The first kappa shape index (κ1) is 40.4. The zero-order valence-electron chi connectivity index (χ0n) is 32.3. The smallest absolute Gasteiger partial charge is 0.315 e. The van der Waals surface area contributed by atoms with Gasteiger partial charge in [-0.2, -0.15) is 0 Å². The lowest BCUT2D eigenvalue weighted by Crippen LogP contribution is -2.63. The van der Waals surface area contributed by atoms with Crippen LogP contribution in [0.1, 0.15) is 97.6 Å². The molecule has 1 aliphatic heterocycles. The molecule has 1 aromatic carbocycles. The Bertz CT molecular complexity index is 1690. The van der Waals surface area contributed by atoms with Gasteiger partial charge in [-0.25, -0.2) is 13.2 Å². The van der Waals surface area contributed by atoms with Gasteiger partial charge in [0, 0.05) is 13.1 Å². The molecule has 3 aliphatic carbocycles. The van der Waals surface area contributed by atoms with Crippen LogP contribution in [0.2, 0.25) is 0 Å². The number of rotatable bonds is 14. The van der Waals surface area contributed by atoms with Crippen molar-refractivity contribution in [3.8, 4) is 0 Å². The molecule has 4 aliphatic rings. The van der Waals surface area contributed by atoms with Gasteiger partial charge in [0.25, 0.3) is 5.91 Å². The maximum Gasteiger partial charge on any atom is 0.315 e. The molecule has 1 saturated heterocycles. The van der Waals surface area contributed by atoms with E-state index in [1.54, 1.807) is 25.7 Å². The van der Waals surface area contributed by atoms with E-state index in [4.69, 9.17) is 0 Å². The fraction of sp³-hybridized carbons (Fsp3) is 0.675. The van der Waals surface area contributed by atoms with E-state index in [1.807, 2.05) is 31.2 Å². The van der Waals surface area contributed by atoms with Crippen LogP contribution in [0.4, 0.5) is 4.79 Å². The monoisotopic (exact) mass is 753 g/mol. The Hall–Kier alpha value is -3.74. The normalized spacial score (nSPS) is 24.2. The van der Waals surface area contributed by atoms with E-state index >= 15 is 0 Å². The Morgan fingerprint density at radius 3 is 2.19 bits per heavy atom. The fourth-order valence-corrected chi connectivity index (χ4v) is 10.5. The van der Waals surface area contributed by atoms with Gasteiger partial charge in [0.1, 0.15) is 12.1 Å². The second-order valence-corrected chi connectivity index (χ2v) is 20.1. The molecule has 53 heavy (non-hydrogen) atoms. The summed E-state index contributed by atoms with van der Waals surface area (Å²) in [5.41, 5.74) is 0.988. The van der Waals surface area contributed by atoms with Crippen molar-refractivity contribution < 1.29 is 32.4 Å². The maximum absolute atomic E-state index is 14.9. The van der Waals surface area contributed by atoms with E-state index < -0.39 is 61.9 Å². The van der Waals surface area contributed by atoms with Crippen molar-refractivity contribution in [2.45, 2.75) is 128 Å². The van der Waals surface area contributed by atoms with Crippen molar-refractivity contribution in [1.82, 2.24) is 26.2 Å². The highest BCUT2D eigenvalue weighted by molar-refractivity contribution is 7.92. The number of urea groups is 1. The van der Waals surface area contributed by atoms with Gasteiger partial charge in [-0.15, -0.1) is 6.58 Å². The van der Waals surface area contributed by atoms with Crippen LogP contribution in [0.25, 0.3) is 0 Å². The molecule has 5 rings (SSSR count). The molecule has 2 saturated carbocycles. The van der Waals surface area contributed by atoms with E-state index in [2.05, 4.69) is 41.7 Å². The molecular weight excluding hydrogens is 695 g/mol. The number of piperidine rings is 1. The second-order valence-electron chi connectivity index (χ2n) is 17.3. The van der Waals surface area contributed by atoms with Gasteiger partial charge in [0.05, 0.1) is 22.1 Å². The molecule has 13 heteroatoms. The molecule has 0 aromatic heterocycles. The maximum atomic E-state index is 14.9. The number of hydrogen-bond donors (Lipinski definition) is 4. The predicted molar refractivity (Wildman–Crippen MR) is 203 cm³/mol. The first-order valence-electron chi connectivity index (χ1n) is 19.3. The number of carbonyl (C=O) groups is 5. The fourth-order valence-electron chi connectivity index (χ4n) is 8.96. The summed E-state index contributed by atoms with van der Waals surface area (Å²) < 4.78 is 25.9. The molecule has 3 fully saturated rings. The standard InChI is InChI=1S/C40H59N5O7S/c1-8-15-29(33(46)35(48)41-20-9-2)42-34(47)32-30-28(39(30,6)7)23-45(32)36(49)31(27-21-25-16-11-12-17-26(25)22-27)43-37(50)44-40(18-13-10-14-19-40)24-53(51,52)38(3,4)5/h9,11-12,16-17,27-32H,2,8,10,13-15,18-24H2,1,3-7H3,(H,41,48)(H,42,47)(H2,43,44,50)/t28?,29?,30?,31-,32-/m0/s1. The van der Waals surface area contributed by atoms with E-state index in [0.29, 0.717) is 38.6 Å². The molecule has 12 nitrogen and oxygen atoms in total. The summed E-state index contributed by atoms with van der Waals surface area (Å²) in [6.45, 7) is 15.0. The van der Waals surface area contributed by atoms with Gasteiger partial charge in [-0.3, -0.25) is 19.2 Å². The minimum absolute atomic E-state index is 0.0433. The van der Waals surface area contributed by atoms with Crippen LogP contribution in [0, 0.1) is 23.2 Å². The van der Waals surface area contributed by atoms with Crippen molar-refractivity contribution in [3.63, 3.8) is 0 Å². The van der Waals surface area contributed by atoms with E-state index in [-0.39, 0.29) is 47.8 Å². The summed E-state index contributed by atoms with van der Waals surface area (Å²) in [6, 6.07) is 4.37. The average Bonchev–Trinajstić information content (AvgIpc) is 3.44. The summed E-state index contributed by atoms with van der Waals surface area (Å²) in [7, 11) is -3.59. The Morgan fingerprint density at radius 1 is 1.00 bits per heavy atom. The highest BCUT2D eigenvalue weighted by Gasteiger charge is 2.70. The number of nitrogens with zero attached hydrogens (tertiary/aromatic N) is 1. The number of nitrogens with one attached hydrogen (secondary N) is 4. The third kappa shape index (κ3) is 8.49. The van der Waals surface area contributed by atoms with Gasteiger partial charge in [-0.05, 0) is 87.2 Å². The second kappa shape index (κ2) is 15.5. The quantitative estimate of drug-likeness (QED) is 0.166. The molecule has 3 unspecified atom stereocenters. The summed E-state index contributed by atoms with van der Waals surface area (Å²) in [4.78, 5) is 70.5. The Balaban J connectivity index is 1.42. The third-order valence-electron chi connectivity index (χ3n) is 12.3. The zero-order chi connectivity index (χ0) is 38.9. The lowest BCUT2D eigenvalue weighted by molar-refractivity contribution is -0.144. The van der Waals surface area contributed by atoms with Gasteiger partial charge in [-0.1, -0.05) is 76.8 Å². The summed E-state index contributed by atoms with van der Waals surface area (Å²) in [5.74, 6) is -3.06. The minimum atomic E-state index is -3.59. The Kier molecular flexibility index (Phi) is 11.9. The molecular formula is C40H59N5O7S. The molecule has 0 spiro atoms. The first-order valence-corrected chi connectivity index (χ1v) is 20.9. The lowest BCUT2D eigenvalue weighted by atomic mass is 9.83. The topological polar surface area (TPSA) is 171 Å². The largest absolute Gasteiger partial charge is 0.346 e. The van der Waals surface area contributed by atoms with Crippen LogP contribution < -0.4 is 21.3 Å². The molecule has 1 heterocycles. The van der Waals surface area contributed by atoms with Crippen LogP contribution in [0.3, 0.4) is 0 Å². The van der Waals surface area contributed by atoms with Crippen molar-refractivity contribution in [3.05, 3.63) is 48.0 Å². The third-order valence-corrected chi connectivity index (χ3v) is 15.1. The van der Waals surface area contributed by atoms with E-state index in [1.165, 1.54) is 6.08 Å². The Morgan fingerprint density at radius 2 is 1.62 bits per heavy atom. The lowest BCUT2D eigenvalue weighted by Gasteiger charge is -2.40. The van der Waals surface area contributed by atoms with Crippen molar-refractivity contribution >= 4 is 39.4 Å². The number of amides is 5. The predicted octanol–water partition coefficient (Wildman–Crippen LogP) is 3.62.